The first kappa shape index (κ1) is 16.5. The molecule has 2 amide bonds. The van der Waals surface area contributed by atoms with Crippen LogP contribution >= 0.6 is 11.3 Å². The highest BCUT2D eigenvalue weighted by atomic mass is 32.1. The maximum absolute atomic E-state index is 12.8. The van der Waals surface area contributed by atoms with E-state index in [-0.39, 0.29) is 18.4 Å². The van der Waals surface area contributed by atoms with Crippen molar-refractivity contribution < 1.29 is 14.3 Å². The number of fused-ring (bicyclic) bond motifs is 1. The van der Waals surface area contributed by atoms with E-state index in [0.29, 0.717) is 18.7 Å². The average Bonchev–Trinajstić information content (AvgIpc) is 3.11. The second-order valence-electron chi connectivity index (χ2n) is 5.68. The highest BCUT2D eigenvalue weighted by Crippen LogP contribution is 2.33. The monoisotopic (exact) mass is 344 g/mol. The van der Waals surface area contributed by atoms with Gasteiger partial charge in [-0.1, -0.05) is 19.1 Å². The molecule has 0 spiro atoms. The summed E-state index contributed by atoms with van der Waals surface area (Å²) in [5, 5.41) is 6.76. The lowest BCUT2D eigenvalue weighted by molar-refractivity contribution is -0.128. The second-order valence-corrected chi connectivity index (χ2v) is 6.46. The first-order chi connectivity index (χ1) is 11.7. The third-order valence-corrected chi connectivity index (χ3v) is 4.58. The van der Waals surface area contributed by atoms with E-state index in [1.807, 2.05) is 41.9 Å². The summed E-state index contributed by atoms with van der Waals surface area (Å²) in [5.41, 5.74) is 1.71. The predicted octanol–water partition coefficient (Wildman–Crippen LogP) is 2.61. The summed E-state index contributed by atoms with van der Waals surface area (Å²) < 4.78 is 5.80. The molecule has 24 heavy (non-hydrogen) atoms. The van der Waals surface area contributed by atoms with Crippen LogP contribution < -0.4 is 15.0 Å². The van der Waals surface area contributed by atoms with Crippen LogP contribution in [0.15, 0.2) is 41.1 Å². The Morgan fingerprint density at radius 2 is 2.17 bits per heavy atom. The molecule has 6 heteroatoms. The number of nitrogens with one attached hydrogen (secondary N) is 1. The van der Waals surface area contributed by atoms with Crippen molar-refractivity contribution in [1.29, 1.82) is 0 Å². The van der Waals surface area contributed by atoms with E-state index in [2.05, 4.69) is 5.32 Å². The van der Waals surface area contributed by atoms with Crippen molar-refractivity contribution in [1.82, 2.24) is 5.32 Å². The number of thiophene rings is 1. The Bertz CT molecular complexity index is 715. The Labute approximate surface area is 145 Å². The van der Waals surface area contributed by atoms with Crippen LogP contribution in [-0.4, -0.2) is 31.0 Å². The summed E-state index contributed by atoms with van der Waals surface area (Å²) in [7, 11) is 0. The maximum Gasteiger partial charge on any atom is 0.262 e. The zero-order valence-corrected chi connectivity index (χ0v) is 14.3. The van der Waals surface area contributed by atoms with Crippen LogP contribution in [-0.2, 0) is 16.0 Å². The van der Waals surface area contributed by atoms with Crippen molar-refractivity contribution in [3.05, 3.63) is 46.7 Å². The highest BCUT2D eigenvalue weighted by molar-refractivity contribution is 7.08. The summed E-state index contributed by atoms with van der Waals surface area (Å²) in [6.45, 7) is 2.83. The van der Waals surface area contributed by atoms with Crippen molar-refractivity contribution in [2.45, 2.75) is 25.9 Å². The molecule has 1 aromatic carbocycles. The minimum atomic E-state index is -0.683. The zero-order valence-electron chi connectivity index (χ0n) is 13.5. The van der Waals surface area contributed by atoms with Crippen LogP contribution in [0.25, 0.3) is 0 Å². The first-order valence-corrected chi connectivity index (χ1v) is 8.98. The predicted molar refractivity (Wildman–Crippen MR) is 94.5 cm³/mol. The number of rotatable bonds is 5. The van der Waals surface area contributed by atoms with Crippen LogP contribution in [0.3, 0.4) is 0 Å². The van der Waals surface area contributed by atoms with Crippen molar-refractivity contribution >= 4 is 28.8 Å². The Kier molecular flexibility index (Phi) is 5.15. The van der Waals surface area contributed by atoms with Gasteiger partial charge in [0, 0.05) is 6.54 Å². The first-order valence-electron chi connectivity index (χ1n) is 8.04. The van der Waals surface area contributed by atoms with Gasteiger partial charge in [-0.05, 0) is 40.9 Å². The standard InChI is InChI=1S/C18H20N2O3S/c1-2-8-19-18(22)16-11-20(14-5-3-4-6-15(14)23-16)17(21)10-13-7-9-24-12-13/h3-7,9,12,16H,2,8,10-11H2,1H3,(H,19,22)/t16-/m1/s1. The van der Waals surface area contributed by atoms with Crippen LogP contribution in [0.4, 0.5) is 5.69 Å². The Hall–Kier alpha value is -2.34. The number of hydrogen-bond acceptors (Lipinski definition) is 4. The fourth-order valence-corrected chi connectivity index (χ4v) is 3.30. The molecule has 0 aliphatic carbocycles. The molecule has 2 aromatic rings. The fraction of sp³-hybridized carbons (Fsp3) is 0.333. The van der Waals surface area contributed by atoms with E-state index < -0.39 is 6.10 Å². The lowest BCUT2D eigenvalue weighted by Gasteiger charge is -2.34. The summed E-state index contributed by atoms with van der Waals surface area (Å²) in [5.74, 6) is 0.358. The number of anilines is 1. The highest BCUT2D eigenvalue weighted by Gasteiger charge is 2.33. The minimum Gasteiger partial charge on any atom is -0.477 e. The number of benzene rings is 1. The molecule has 0 saturated heterocycles. The van der Waals surface area contributed by atoms with Crippen LogP contribution in [0.1, 0.15) is 18.9 Å². The van der Waals surface area contributed by atoms with Gasteiger partial charge in [0.25, 0.3) is 5.91 Å². The van der Waals surface area contributed by atoms with Gasteiger partial charge in [0.2, 0.25) is 5.91 Å². The lowest BCUT2D eigenvalue weighted by atomic mass is 10.1. The van der Waals surface area contributed by atoms with E-state index in [1.54, 1.807) is 22.3 Å². The van der Waals surface area contributed by atoms with Gasteiger partial charge in [-0.25, -0.2) is 0 Å². The van der Waals surface area contributed by atoms with Crippen LogP contribution in [0, 0.1) is 0 Å². The second kappa shape index (κ2) is 7.49. The van der Waals surface area contributed by atoms with Crippen molar-refractivity contribution in [3.8, 4) is 5.75 Å². The Morgan fingerprint density at radius 3 is 2.92 bits per heavy atom. The molecule has 1 aliphatic rings. The molecule has 0 unspecified atom stereocenters. The molecule has 1 aliphatic heterocycles. The third-order valence-electron chi connectivity index (χ3n) is 3.85. The molecule has 5 nitrogen and oxygen atoms in total. The molecule has 126 valence electrons. The molecule has 2 heterocycles. The average molecular weight is 344 g/mol. The van der Waals surface area contributed by atoms with E-state index in [1.165, 1.54) is 0 Å². The molecule has 1 atom stereocenters. The summed E-state index contributed by atoms with van der Waals surface area (Å²) in [4.78, 5) is 26.7. The summed E-state index contributed by atoms with van der Waals surface area (Å²) in [6, 6.07) is 9.29. The van der Waals surface area contributed by atoms with Gasteiger partial charge in [-0.3, -0.25) is 9.59 Å². The van der Waals surface area contributed by atoms with Gasteiger partial charge in [-0.2, -0.15) is 11.3 Å². The van der Waals surface area contributed by atoms with E-state index in [9.17, 15) is 9.59 Å². The molecular formula is C18H20N2O3S. The number of amides is 2. The number of nitrogens with zero attached hydrogens (tertiary/aromatic N) is 1. The normalized spacial score (nSPS) is 16.2. The van der Waals surface area contributed by atoms with Crippen LogP contribution in [0.2, 0.25) is 0 Å². The van der Waals surface area contributed by atoms with Gasteiger partial charge in [0.15, 0.2) is 6.10 Å². The SMILES string of the molecule is CCCNC(=O)[C@H]1CN(C(=O)Cc2ccsc2)c2ccccc2O1. The Morgan fingerprint density at radius 1 is 1.33 bits per heavy atom. The van der Waals surface area contributed by atoms with Crippen molar-refractivity contribution in [2.75, 3.05) is 18.0 Å². The quantitative estimate of drug-likeness (QED) is 0.907. The molecule has 1 N–H and O–H groups in total. The molecule has 1 aromatic heterocycles. The van der Waals surface area contributed by atoms with Gasteiger partial charge >= 0.3 is 0 Å². The van der Waals surface area contributed by atoms with Gasteiger partial charge in [0.05, 0.1) is 18.7 Å². The smallest absolute Gasteiger partial charge is 0.262 e. The largest absolute Gasteiger partial charge is 0.477 e. The molecule has 0 fully saturated rings. The molecule has 0 bridgehead atoms. The van der Waals surface area contributed by atoms with Gasteiger partial charge in [0.1, 0.15) is 5.75 Å². The number of carbonyl (C=O) groups is 2. The number of ether oxygens (including phenoxy) is 1. The topological polar surface area (TPSA) is 58.6 Å². The third kappa shape index (κ3) is 3.59. The molecular weight excluding hydrogens is 324 g/mol. The number of carbonyl (C=O) groups excluding carboxylic acids is 2. The van der Waals surface area contributed by atoms with Crippen LogP contribution in [0.5, 0.6) is 5.75 Å². The number of hydrogen-bond donors (Lipinski definition) is 1. The number of para-hydroxylation sites is 2. The Balaban J connectivity index is 1.81. The van der Waals surface area contributed by atoms with Crippen molar-refractivity contribution in [2.24, 2.45) is 0 Å². The summed E-state index contributed by atoms with van der Waals surface area (Å²) >= 11 is 1.57. The molecule has 0 saturated carbocycles. The van der Waals surface area contributed by atoms with Crippen molar-refractivity contribution in [3.63, 3.8) is 0 Å². The molecule has 0 radical (unpaired) electrons. The lowest BCUT2D eigenvalue weighted by Crippen LogP contribution is -2.51. The van der Waals surface area contributed by atoms with Gasteiger partial charge in [-0.15, -0.1) is 0 Å². The zero-order chi connectivity index (χ0) is 16.9. The summed E-state index contributed by atoms with van der Waals surface area (Å²) in [6.07, 6.45) is 0.495. The van der Waals surface area contributed by atoms with E-state index in [0.717, 1.165) is 17.7 Å². The maximum atomic E-state index is 12.8. The molecule has 3 rings (SSSR count). The fourth-order valence-electron chi connectivity index (χ4n) is 2.63. The minimum absolute atomic E-state index is 0.0301. The van der Waals surface area contributed by atoms with E-state index >= 15 is 0 Å². The van der Waals surface area contributed by atoms with Gasteiger partial charge < -0.3 is 15.0 Å². The van der Waals surface area contributed by atoms with E-state index in [4.69, 9.17) is 4.74 Å².